The molecule has 1 aliphatic heterocycles. The predicted molar refractivity (Wildman–Crippen MR) is 90.5 cm³/mol. The minimum absolute atomic E-state index is 1.36. The highest BCUT2D eigenvalue weighted by Gasteiger charge is 2.21. The van der Waals surface area contributed by atoms with Crippen LogP contribution in [0, 0.1) is 20.8 Å². The van der Waals surface area contributed by atoms with Crippen molar-refractivity contribution < 1.29 is 0 Å². The third kappa shape index (κ3) is 1.83. The van der Waals surface area contributed by atoms with Crippen LogP contribution in [0.4, 0.5) is 5.69 Å². The summed E-state index contributed by atoms with van der Waals surface area (Å²) in [6, 6.07) is 0. The van der Waals surface area contributed by atoms with Gasteiger partial charge in [-0.15, -0.1) is 0 Å². The van der Waals surface area contributed by atoms with Gasteiger partial charge in [0.25, 0.3) is 0 Å². The second-order valence-corrected chi connectivity index (χ2v) is 6.37. The summed E-state index contributed by atoms with van der Waals surface area (Å²) < 4.78 is 0. The second kappa shape index (κ2) is 4.80. The monoisotopic (exact) mass is 269 g/mol. The van der Waals surface area contributed by atoms with Crippen molar-refractivity contribution in [1.82, 2.24) is 0 Å². The minimum atomic E-state index is 1.36. The molecule has 0 fully saturated rings. The topological polar surface area (TPSA) is 3.24 Å². The lowest BCUT2D eigenvalue weighted by molar-refractivity contribution is 1.01. The van der Waals surface area contributed by atoms with Crippen LogP contribution >= 0.6 is 0 Å². The number of fused-ring (bicyclic) bond motifs is 1. The predicted octanol–water partition coefficient (Wildman–Crippen LogP) is 3.72. The van der Waals surface area contributed by atoms with Crippen molar-refractivity contribution in [2.75, 3.05) is 11.9 Å². The maximum atomic E-state index is 2.37. The van der Waals surface area contributed by atoms with Crippen molar-refractivity contribution in [2.45, 2.75) is 55.4 Å². The third-order valence-corrected chi connectivity index (χ3v) is 5.16. The van der Waals surface area contributed by atoms with E-state index in [9.17, 15) is 0 Å². The normalized spacial score (nSPS) is 14.8. The molecule has 0 aromatic heterocycles. The molecule has 1 aromatic rings. The Morgan fingerprint density at radius 1 is 0.750 bits per heavy atom. The number of anilines is 1. The Kier molecular flexibility index (Phi) is 3.58. The first kappa shape index (κ1) is 14.9. The van der Waals surface area contributed by atoms with Crippen molar-refractivity contribution in [3.05, 3.63) is 38.4 Å². The zero-order valence-electron chi connectivity index (χ0n) is 14.4. The molecule has 1 heterocycles. The van der Waals surface area contributed by atoms with E-state index in [-0.39, 0.29) is 0 Å². The summed E-state index contributed by atoms with van der Waals surface area (Å²) in [7, 11) is 2.20. The van der Waals surface area contributed by atoms with Gasteiger partial charge in [0.2, 0.25) is 0 Å². The molecule has 108 valence electrons. The fraction of sp³-hybridized carbons (Fsp3) is 0.474. The van der Waals surface area contributed by atoms with Crippen LogP contribution in [0.1, 0.15) is 51.3 Å². The summed E-state index contributed by atoms with van der Waals surface area (Å²) in [6.07, 6.45) is 0. The van der Waals surface area contributed by atoms with Gasteiger partial charge >= 0.3 is 0 Å². The Hall–Kier alpha value is -1.50. The molecule has 20 heavy (non-hydrogen) atoms. The molecule has 0 radical (unpaired) electrons. The van der Waals surface area contributed by atoms with Gasteiger partial charge in [-0.1, -0.05) is 5.57 Å². The fourth-order valence-electron chi connectivity index (χ4n) is 3.43. The SMILES string of the molecule is CC1=C(C)N(C)c2c(C)c(C)c(C)c(=C(C)C)c2=C1C. The molecule has 0 N–H and O–H groups in total. The molecule has 0 spiro atoms. The van der Waals surface area contributed by atoms with Gasteiger partial charge in [0, 0.05) is 18.0 Å². The molecule has 0 saturated carbocycles. The van der Waals surface area contributed by atoms with Crippen LogP contribution in [-0.2, 0) is 0 Å². The van der Waals surface area contributed by atoms with E-state index in [1.165, 1.54) is 55.2 Å². The van der Waals surface area contributed by atoms with Gasteiger partial charge < -0.3 is 4.90 Å². The van der Waals surface area contributed by atoms with Gasteiger partial charge in [0.15, 0.2) is 0 Å². The largest absolute Gasteiger partial charge is 0.347 e. The molecule has 0 atom stereocenters. The van der Waals surface area contributed by atoms with Crippen LogP contribution in [0.5, 0.6) is 0 Å². The number of benzene rings is 1. The van der Waals surface area contributed by atoms with Crippen molar-refractivity contribution in [1.29, 1.82) is 0 Å². The van der Waals surface area contributed by atoms with Crippen LogP contribution in [-0.4, -0.2) is 7.05 Å². The molecule has 1 heteroatoms. The maximum Gasteiger partial charge on any atom is 0.0520 e. The molecule has 0 saturated heterocycles. The van der Waals surface area contributed by atoms with Gasteiger partial charge in [-0.25, -0.2) is 0 Å². The highest BCUT2D eigenvalue weighted by molar-refractivity contribution is 5.78. The second-order valence-electron chi connectivity index (χ2n) is 6.37. The molecule has 0 bridgehead atoms. The van der Waals surface area contributed by atoms with Crippen LogP contribution in [0.15, 0.2) is 11.3 Å². The highest BCUT2D eigenvalue weighted by Crippen LogP contribution is 2.29. The number of hydrogen-bond donors (Lipinski definition) is 0. The van der Waals surface area contributed by atoms with Gasteiger partial charge in [-0.2, -0.15) is 0 Å². The molecular weight excluding hydrogens is 242 g/mol. The summed E-state index contributed by atoms with van der Waals surface area (Å²) in [6.45, 7) is 18.0. The molecule has 0 unspecified atom stereocenters. The zero-order valence-corrected chi connectivity index (χ0v) is 14.4. The quantitative estimate of drug-likeness (QED) is 0.694. The van der Waals surface area contributed by atoms with Gasteiger partial charge in [0.1, 0.15) is 0 Å². The van der Waals surface area contributed by atoms with E-state index in [2.05, 4.69) is 67.3 Å². The molecule has 1 aromatic carbocycles. The van der Waals surface area contributed by atoms with E-state index in [1.807, 2.05) is 0 Å². The van der Waals surface area contributed by atoms with Crippen LogP contribution in [0.2, 0.25) is 0 Å². The Bertz CT molecular complexity index is 741. The van der Waals surface area contributed by atoms with Crippen LogP contribution < -0.4 is 15.3 Å². The Morgan fingerprint density at radius 2 is 1.30 bits per heavy atom. The number of allylic oxidation sites excluding steroid dienone is 2. The van der Waals surface area contributed by atoms with E-state index in [1.54, 1.807) is 0 Å². The highest BCUT2D eigenvalue weighted by atomic mass is 15.1. The lowest BCUT2D eigenvalue weighted by atomic mass is 9.89. The molecule has 0 aliphatic carbocycles. The summed E-state index contributed by atoms with van der Waals surface area (Å²) in [4.78, 5) is 2.37. The van der Waals surface area contributed by atoms with Gasteiger partial charge in [-0.3, -0.25) is 0 Å². The Balaban J connectivity index is 3.25. The summed E-state index contributed by atoms with van der Waals surface area (Å²) in [5, 5.41) is 2.88. The first-order valence-electron chi connectivity index (χ1n) is 7.39. The third-order valence-electron chi connectivity index (χ3n) is 5.16. The van der Waals surface area contributed by atoms with Crippen LogP contribution in [0.25, 0.3) is 11.1 Å². The first-order valence-corrected chi connectivity index (χ1v) is 7.39. The molecule has 1 nitrogen and oxygen atoms in total. The molecule has 1 aliphatic rings. The van der Waals surface area contributed by atoms with Crippen LogP contribution in [0.3, 0.4) is 0 Å². The van der Waals surface area contributed by atoms with Gasteiger partial charge in [0.05, 0.1) is 5.69 Å². The lowest BCUT2D eigenvalue weighted by Gasteiger charge is -2.32. The number of rotatable bonds is 0. The Morgan fingerprint density at radius 3 is 1.80 bits per heavy atom. The fourth-order valence-corrected chi connectivity index (χ4v) is 3.43. The van der Waals surface area contributed by atoms with E-state index in [0.29, 0.717) is 0 Å². The average molecular weight is 269 g/mol. The van der Waals surface area contributed by atoms with E-state index >= 15 is 0 Å². The zero-order chi connectivity index (χ0) is 15.4. The summed E-state index contributed by atoms with van der Waals surface area (Å²) in [5.41, 5.74) is 11.3. The molecular formula is C19H27N. The summed E-state index contributed by atoms with van der Waals surface area (Å²) >= 11 is 0. The van der Waals surface area contributed by atoms with E-state index < -0.39 is 0 Å². The maximum absolute atomic E-state index is 2.37. The Labute approximate surface area is 123 Å². The summed E-state index contributed by atoms with van der Waals surface area (Å²) in [5.74, 6) is 0. The molecule has 0 amide bonds. The number of nitrogens with zero attached hydrogens (tertiary/aromatic N) is 1. The van der Waals surface area contributed by atoms with Crippen molar-refractivity contribution in [3.63, 3.8) is 0 Å². The van der Waals surface area contributed by atoms with E-state index in [4.69, 9.17) is 0 Å². The molecule has 2 rings (SSSR count). The standard InChI is InChI=1S/C19H27N/c1-10(2)17-13(5)11(3)15(7)19-18(17)14(6)12(4)16(8)20(19)9/h1-9H3. The van der Waals surface area contributed by atoms with Crippen molar-refractivity contribution in [3.8, 4) is 0 Å². The number of hydrogen-bond acceptors (Lipinski definition) is 1. The smallest absolute Gasteiger partial charge is 0.0520 e. The minimum Gasteiger partial charge on any atom is -0.347 e. The van der Waals surface area contributed by atoms with E-state index in [0.717, 1.165) is 0 Å². The lowest BCUT2D eigenvalue weighted by Crippen LogP contribution is -2.41. The first-order chi connectivity index (χ1) is 9.20. The average Bonchev–Trinajstić information content (AvgIpc) is 2.39. The van der Waals surface area contributed by atoms with Crippen molar-refractivity contribution in [2.24, 2.45) is 0 Å². The van der Waals surface area contributed by atoms with Gasteiger partial charge in [-0.05, 0) is 88.4 Å². The van der Waals surface area contributed by atoms with Crippen molar-refractivity contribution >= 4 is 16.8 Å².